The number of hydrogen-bond acceptors (Lipinski definition) is 3. The van der Waals surface area contributed by atoms with Crippen molar-refractivity contribution in [2.45, 2.75) is 32.7 Å². The largest absolute Gasteiger partial charge is 0.329 e. The Morgan fingerprint density at radius 1 is 1.31 bits per heavy atom. The van der Waals surface area contributed by atoms with Gasteiger partial charge in [-0.3, -0.25) is 4.98 Å². The highest BCUT2D eigenvalue weighted by Crippen LogP contribution is 2.02. The average molecular weight is 221 g/mol. The molecule has 0 aromatic carbocycles. The van der Waals surface area contributed by atoms with Crippen molar-refractivity contribution in [1.29, 1.82) is 0 Å². The Balaban J connectivity index is 2.16. The van der Waals surface area contributed by atoms with Crippen LogP contribution in [-0.2, 0) is 6.42 Å². The lowest BCUT2D eigenvalue weighted by molar-refractivity contribution is 0.404. The molecule has 0 amide bonds. The summed E-state index contributed by atoms with van der Waals surface area (Å²) >= 11 is 0. The summed E-state index contributed by atoms with van der Waals surface area (Å²) in [5.41, 5.74) is 7.05. The van der Waals surface area contributed by atoms with Crippen molar-refractivity contribution >= 4 is 0 Å². The zero-order chi connectivity index (χ0) is 11.8. The molecule has 0 fully saturated rings. The fourth-order valence-corrected chi connectivity index (χ4v) is 1.72. The highest BCUT2D eigenvalue weighted by molar-refractivity contribution is 5.09. The molecule has 1 heterocycles. The Kier molecular flexibility index (Phi) is 6.04. The monoisotopic (exact) mass is 221 g/mol. The van der Waals surface area contributed by atoms with E-state index < -0.39 is 0 Å². The molecule has 0 saturated heterocycles. The predicted molar refractivity (Wildman–Crippen MR) is 68.2 cm³/mol. The van der Waals surface area contributed by atoms with Crippen molar-refractivity contribution in [2.75, 3.05) is 13.1 Å². The minimum absolute atomic E-state index is 0.442. The van der Waals surface area contributed by atoms with E-state index in [9.17, 15) is 0 Å². The van der Waals surface area contributed by atoms with Crippen molar-refractivity contribution < 1.29 is 0 Å². The molecule has 0 aliphatic rings. The molecule has 0 spiro atoms. The third kappa shape index (κ3) is 4.73. The average Bonchev–Trinajstić information content (AvgIpc) is 2.30. The highest BCUT2D eigenvalue weighted by atomic mass is 14.9. The number of hydrogen-bond donors (Lipinski definition) is 2. The Hall–Kier alpha value is -0.930. The first kappa shape index (κ1) is 13.1. The summed E-state index contributed by atoms with van der Waals surface area (Å²) in [4.78, 5) is 4.01. The molecule has 0 radical (unpaired) electrons. The topological polar surface area (TPSA) is 50.9 Å². The van der Waals surface area contributed by atoms with Crippen LogP contribution in [0.5, 0.6) is 0 Å². The van der Waals surface area contributed by atoms with E-state index >= 15 is 0 Å². The van der Waals surface area contributed by atoms with Crippen LogP contribution in [0, 0.1) is 5.92 Å². The molecule has 0 saturated carbocycles. The van der Waals surface area contributed by atoms with E-state index in [-0.39, 0.29) is 0 Å². The lowest BCUT2D eigenvalue weighted by Gasteiger charge is -2.20. The lowest BCUT2D eigenvalue weighted by Crippen LogP contribution is -2.40. The van der Waals surface area contributed by atoms with Crippen LogP contribution in [-0.4, -0.2) is 24.1 Å². The van der Waals surface area contributed by atoms with Gasteiger partial charge in [-0.2, -0.15) is 0 Å². The molecule has 0 aliphatic carbocycles. The quantitative estimate of drug-likeness (QED) is 0.687. The maximum absolute atomic E-state index is 5.70. The number of nitrogens with two attached hydrogens (primary N) is 1. The Labute approximate surface area is 98.5 Å². The molecule has 1 rings (SSSR count). The van der Waals surface area contributed by atoms with E-state index in [1.54, 1.807) is 0 Å². The molecule has 1 unspecified atom stereocenters. The summed E-state index contributed by atoms with van der Waals surface area (Å²) in [7, 11) is 0. The summed E-state index contributed by atoms with van der Waals surface area (Å²) in [6.07, 6.45) is 5.94. The molecule has 3 heteroatoms. The standard InChI is InChI=1S/C13H23N3/c1-11(2)13(10-14)16-7-3-4-12-5-8-15-9-6-12/h5-6,8-9,11,13,16H,3-4,7,10,14H2,1-2H3. The summed E-state index contributed by atoms with van der Waals surface area (Å²) in [5, 5.41) is 3.50. The van der Waals surface area contributed by atoms with Crippen molar-refractivity contribution in [3.05, 3.63) is 30.1 Å². The van der Waals surface area contributed by atoms with Gasteiger partial charge in [0.1, 0.15) is 0 Å². The predicted octanol–water partition coefficient (Wildman–Crippen LogP) is 1.59. The van der Waals surface area contributed by atoms with Gasteiger partial charge in [0, 0.05) is 25.0 Å². The van der Waals surface area contributed by atoms with Crippen molar-refractivity contribution in [3.63, 3.8) is 0 Å². The van der Waals surface area contributed by atoms with E-state index in [0.717, 1.165) is 19.4 Å². The first-order valence-electron chi connectivity index (χ1n) is 6.06. The van der Waals surface area contributed by atoms with Crippen LogP contribution in [0.15, 0.2) is 24.5 Å². The zero-order valence-electron chi connectivity index (χ0n) is 10.3. The van der Waals surface area contributed by atoms with Crippen LogP contribution in [0.2, 0.25) is 0 Å². The molecular weight excluding hydrogens is 198 g/mol. The Bertz CT molecular complexity index is 272. The van der Waals surface area contributed by atoms with E-state index in [4.69, 9.17) is 5.73 Å². The first-order valence-corrected chi connectivity index (χ1v) is 6.06. The van der Waals surface area contributed by atoms with Crippen LogP contribution >= 0.6 is 0 Å². The van der Waals surface area contributed by atoms with E-state index in [1.807, 2.05) is 12.4 Å². The Morgan fingerprint density at radius 3 is 2.56 bits per heavy atom. The smallest absolute Gasteiger partial charge is 0.0270 e. The first-order chi connectivity index (χ1) is 7.74. The van der Waals surface area contributed by atoms with Gasteiger partial charge in [0.25, 0.3) is 0 Å². The maximum atomic E-state index is 5.70. The van der Waals surface area contributed by atoms with Gasteiger partial charge in [-0.05, 0) is 43.0 Å². The van der Waals surface area contributed by atoms with Gasteiger partial charge in [-0.1, -0.05) is 13.8 Å². The summed E-state index contributed by atoms with van der Waals surface area (Å²) in [5.74, 6) is 0.603. The molecule has 1 aromatic rings. The minimum atomic E-state index is 0.442. The number of aryl methyl sites for hydroxylation is 1. The van der Waals surface area contributed by atoms with Crippen LogP contribution in [0.25, 0.3) is 0 Å². The number of rotatable bonds is 7. The van der Waals surface area contributed by atoms with E-state index in [0.29, 0.717) is 18.5 Å². The fraction of sp³-hybridized carbons (Fsp3) is 0.615. The third-order valence-corrected chi connectivity index (χ3v) is 2.86. The van der Waals surface area contributed by atoms with Crippen molar-refractivity contribution in [1.82, 2.24) is 10.3 Å². The number of aromatic nitrogens is 1. The van der Waals surface area contributed by atoms with E-state index in [1.165, 1.54) is 5.56 Å². The van der Waals surface area contributed by atoms with Gasteiger partial charge in [-0.15, -0.1) is 0 Å². The molecule has 3 nitrogen and oxygen atoms in total. The van der Waals surface area contributed by atoms with Gasteiger partial charge >= 0.3 is 0 Å². The molecule has 90 valence electrons. The molecule has 16 heavy (non-hydrogen) atoms. The second-order valence-corrected chi connectivity index (χ2v) is 4.50. The molecular formula is C13H23N3. The third-order valence-electron chi connectivity index (χ3n) is 2.86. The van der Waals surface area contributed by atoms with Crippen LogP contribution in [0.3, 0.4) is 0 Å². The van der Waals surface area contributed by atoms with Crippen molar-refractivity contribution in [2.24, 2.45) is 11.7 Å². The molecule has 0 bridgehead atoms. The van der Waals surface area contributed by atoms with Crippen LogP contribution < -0.4 is 11.1 Å². The molecule has 0 aliphatic heterocycles. The number of nitrogens with zero attached hydrogens (tertiary/aromatic N) is 1. The van der Waals surface area contributed by atoms with Gasteiger partial charge in [0.05, 0.1) is 0 Å². The zero-order valence-corrected chi connectivity index (χ0v) is 10.3. The van der Waals surface area contributed by atoms with Gasteiger partial charge in [0.15, 0.2) is 0 Å². The minimum Gasteiger partial charge on any atom is -0.329 e. The molecule has 1 atom stereocenters. The molecule has 3 N–H and O–H groups in total. The number of nitrogens with one attached hydrogen (secondary N) is 1. The van der Waals surface area contributed by atoms with Gasteiger partial charge in [-0.25, -0.2) is 0 Å². The maximum Gasteiger partial charge on any atom is 0.0270 e. The van der Waals surface area contributed by atoms with Crippen LogP contribution in [0.1, 0.15) is 25.8 Å². The lowest BCUT2D eigenvalue weighted by atomic mass is 10.0. The summed E-state index contributed by atoms with van der Waals surface area (Å²) in [6.45, 7) is 6.15. The van der Waals surface area contributed by atoms with E-state index in [2.05, 4.69) is 36.3 Å². The van der Waals surface area contributed by atoms with Crippen LogP contribution in [0.4, 0.5) is 0 Å². The SMILES string of the molecule is CC(C)C(CN)NCCCc1ccncc1. The summed E-state index contributed by atoms with van der Waals surface area (Å²) < 4.78 is 0. The normalized spacial score (nSPS) is 13.0. The summed E-state index contributed by atoms with van der Waals surface area (Å²) in [6, 6.07) is 4.59. The fourth-order valence-electron chi connectivity index (χ4n) is 1.72. The second-order valence-electron chi connectivity index (χ2n) is 4.50. The van der Waals surface area contributed by atoms with Gasteiger partial charge in [0.2, 0.25) is 0 Å². The van der Waals surface area contributed by atoms with Gasteiger partial charge < -0.3 is 11.1 Å². The van der Waals surface area contributed by atoms with Crippen molar-refractivity contribution in [3.8, 4) is 0 Å². The second kappa shape index (κ2) is 7.36. The Morgan fingerprint density at radius 2 is 2.00 bits per heavy atom. The highest BCUT2D eigenvalue weighted by Gasteiger charge is 2.09. The number of pyridine rings is 1. The molecule has 1 aromatic heterocycles.